The number of benzene rings is 1. The summed E-state index contributed by atoms with van der Waals surface area (Å²) in [5.74, 6) is 0.847. The van der Waals surface area contributed by atoms with Gasteiger partial charge >= 0.3 is 0 Å². The van der Waals surface area contributed by atoms with Gasteiger partial charge < -0.3 is 9.42 Å². The third kappa shape index (κ3) is 2.72. The Morgan fingerprint density at radius 3 is 2.67 bits per heavy atom. The van der Waals surface area contributed by atoms with Gasteiger partial charge in [0.1, 0.15) is 11.5 Å². The van der Waals surface area contributed by atoms with Gasteiger partial charge in [-0.2, -0.15) is 4.98 Å². The summed E-state index contributed by atoms with van der Waals surface area (Å²) in [5, 5.41) is 5.04. The van der Waals surface area contributed by atoms with Crippen LogP contribution >= 0.6 is 0 Å². The molecule has 0 bridgehead atoms. The molecule has 0 radical (unpaired) electrons. The Kier molecular flexibility index (Phi) is 3.67. The molecule has 118 valence electrons. The van der Waals surface area contributed by atoms with Crippen LogP contribution in [0.25, 0.3) is 22.4 Å². The van der Waals surface area contributed by atoms with Crippen molar-refractivity contribution in [3.8, 4) is 11.3 Å². The summed E-state index contributed by atoms with van der Waals surface area (Å²) < 4.78 is 5.43. The lowest BCUT2D eigenvalue weighted by Gasteiger charge is -2.17. The maximum Gasteiger partial charge on any atom is 0.260 e. The number of pyridine rings is 2. The summed E-state index contributed by atoms with van der Waals surface area (Å²) in [5.41, 5.74) is 3.45. The first-order valence-electron chi connectivity index (χ1n) is 7.73. The summed E-state index contributed by atoms with van der Waals surface area (Å²) in [6, 6.07) is 18.1. The first-order chi connectivity index (χ1) is 11.8. The second-order valence-electron chi connectivity index (χ2n) is 5.64. The predicted octanol–water partition coefficient (Wildman–Crippen LogP) is 3.92. The molecule has 4 rings (SSSR count). The fourth-order valence-electron chi connectivity index (χ4n) is 2.68. The Morgan fingerprint density at radius 1 is 1.00 bits per heavy atom. The average Bonchev–Trinajstić information content (AvgIpc) is 3.06. The van der Waals surface area contributed by atoms with Gasteiger partial charge in [-0.25, -0.2) is 0 Å². The van der Waals surface area contributed by atoms with E-state index in [-0.39, 0.29) is 0 Å². The molecule has 0 amide bonds. The minimum Gasteiger partial charge on any atom is -0.355 e. The summed E-state index contributed by atoms with van der Waals surface area (Å²) in [6.07, 6.45) is 3.51. The van der Waals surface area contributed by atoms with Gasteiger partial charge in [-0.05, 0) is 29.8 Å². The van der Waals surface area contributed by atoms with E-state index < -0.39 is 0 Å². The smallest absolute Gasteiger partial charge is 0.260 e. The van der Waals surface area contributed by atoms with Crippen molar-refractivity contribution >= 4 is 16.9 Å². The molecule has 3 aromatic heterocycles. The van der Waals surface area contributed by atoms with Gasteiger partial charge in [0.15, 0.2) is 0 Å². The first kappa shape index (κ1) is 14.4. The topological polar surface area (TPSA) is 55.1 Å². The second-order valence-corrected chi connectivity index (χ2v) is 5.64. The molecule has 0 atom stereocenters. The number of fused-ring (bicyclic) bond motifs is 1. The molecule has 0 spiro atoms. The third-order valence-electron chi connectivity index (χ3n) is 3.91. The van der Waals surface area contributed by atoms with Gasteiger partial charge in [0, 0.05) is 31.5 Å². The van der Waals surface area contributed by atoms with Crippen molar-refractivity contribution < 1.29 is 4.52 Å². The molecule has 0 unspecified atom stereocenters. The minimum absolute atomic E-state index is 0.534. The lowest BCUT2D eigenvalue weighted by molar-refractivity contribution is 0.451. The van der Waals surface area contributed by atoms with Gasteiger partial charge in [0.25, 0.3) is 5.71 Å². The molecule has 5 heteroatoms. The molecule has 0 fully saturated rings. The molecule has 24 heavy (non-hydrogen) atoms. The van der Waals surface area contributed by atoms with Crippen molar-refractivity contribution in [1.29, 1.82) is 0 Å². The third-order valence-corrected chi connectivity index (χ3v) is 3.91. The molecule has 0 aliphatic rings. The molecule has 4 aromatic rings. The number of anilines is 1. The fourth-order valence-corrected chi connectivity index (χ4v) is 2.68. The SMILES string of the molecule is CN(Cc1ccccc1)c1ccc2c(-c3cccnc3)noc2n1. The molecule has 0 aliphatic carbocycles. The summed E-state index contributed by atoms with van der Waals surface area (Å²) in [7, 11) is 2.01. The van der Waals surface area contributed by atoms with E-state index in [4.69, 9.17) is 4.52 Å². The Balaban J connectivity index is 1.65. The number of hydrogen-bond acceptors (Lipinski definition) is 5. The lowest BCUT2D eigenvalue weighted by Crippen LogP contribution is -2.17. The quantitative estimate of drug-likeness (QED) is 0.571. The minimum atomic E-state index is 0.534. The van der Waals surface area contributed by atoms with Crippen LogP contribution in [0.15, 0.2) is 71.5 Å². The molecule has 3 heterocycles. The van der Waals surface area contributed by atoms with Crippen LogP contribution < -0.4 is 4.90 Å². The highest BCUT2D eigenvalue weighted by molar-refractivity contribution is 5.90. The zero-order valence-electron chi connectivity index (χ0n) is 13.3. The highest BCUT2D eigenvalue weighted by atomic mass is 16.5. The van der Waals surface area contributed by atoms with Gasteiger partial charge in [-0.15, -0.1) is 0 Å². The standard InChI is InChI=1S/C19H16N4O/c1-23(13-14-6-3-2-4-7-14)17-10-9-16-18(22-24-19(16)21-17)15-8-5-11-20-12-15/h2-12H,13H2,1H3. The number of hydrogen-bond donors (Lipinski definition) is 0. The Labute approximate surface area is 139 Å². The van der Waals surface area contributed by atoms with E-state index in [9.17, 15) is 0 Å². The normalized spacial score (nSPS) is 10.9. The second kappa shape index (κ2) is 6.12. The van der Waals surface area contributed by atoms with E-state index >= 15 is 0 Å². The molecule has 1 aromatic carbocycles. The predicted molar refractivity (Wildman–Crippen MR) is 93.6 cm³/mol. The van der Waals surface area contributed by atoms with E-state index in [0.29, 0.717) is 5.71 Å². The summed E-state index contributed by atoms with van der Waals surface area (Å²) >= 11 is 0. The molecule has 0 N–H and O–H groups in total. The summed E-state index contributed by atoms with van der Waals surface area (Å²) in [4.78, 5) is 10.8. The monoisotopic (exact) mass is 316 g/mol. The Morgan fingerprint density at radius 2 is 1.88 bits per heavy atom. The molecular formula is C19H16N4O. The molecule has 5 nitrogen and oxygen atoms in total. The van der Waals surface area contributed by atoms with Crippen molar-refractivity contribution in [2.24, 2.45) is 0 Å². The van der Waals surface area contributed by atoms with Crippen molar-refractivity contribution in [2.75, 3.05) is 11.9 Å². The van der Waals surface area contributed by atoms with Crippen LogP contribution in [-0.4, -0.2) is 22.2 Å². The van der Waals surface area contributed by atoms with Crippen molar-refractivity contribution in [3.63, 3.8) is 0 Å². The zero-order chi connectivity index (χ0) is 16.4. The van der Waals surface area contributed by atoms with Crippen LogP contribution in [0.5, 0.6) is 0 Å². The van der Waals surface area contributed by atoms with E-state index in [0.717, 1.165) is 29.0 Å². The first-order valence-corrected chi connectivity index (χ1v) is 7.73. The number of nitrogens with zero attached hydrogens (tertiary/aromatic N) is 4. The van der Waals surface area contributed by atoms with Crippen molar-refractivity contribution in [3.05, 3.63) is 72.6 Å². The maximum atomic E-state index is 5.43. The molecule has 0 saturated heterocycles. The van der Waals surface area contributed by atoms with Crippen LogP contribution in [0.2, 0.25) is 0 Å². The Hall–Kier alpha value is -3.21. The van der Waals surface area contributed by atoms with Gasteiger partial charge in [-0.1, -0.05) is 35.5 Å². The fraction of sp³-hybridized carbons (Fsp3) is 0.105. The van der Waals surface area contributed by atoms with Crippen molar-refractivity contribution in [1.82, 2.24) is 15.1 Å². The largest absolute Gasteiger partial charge is 0.355 e. The van der Waals surface area contributed by atoms with Gasteiger partial charge in [-0.3, -0.25) is 4.98 Å². The molecular weight excluding hydrogens is 300 g/mol. The van der Waals surface area contributed by atoms with E-state index in [1.807, 2.05) is 49.5 Å². The Bertz CT molecular complexity index is 951. The summed E-state index contributed by atoms with van der Waals surface area (Å²) in [6.45, 7) is 0.781. The van der Waals surface area contributed by atoms with Crippen LogP contribution in [0.1, 0.15) is 5.56 Å². The van der Waals surface area contributed by atoms with Crippen LogP contribution in [0.4, 0.5) is 5.82 Å². The van der Waals surface area contributed by atoms with Gasteiger partial charge in [0.2, 0.25) is 0 Å². The van der Waals surface area contributed by atoms with E-state index in [1.165, 1.54) is 5.56 Å². The molecule has 0 aliphatic heterocycles. The highest BCUT2D eigenvalue weighted by Gasteiger charge is 2.13. The maximum absolute atomic E-state index is 5.43. The average molecular weight is 316 g/mol. The highest BCUT2D eigenvalue weighted by Crippen LogP contribution is 2.28. The van der Waals surface area contributed by atoms with E-state index in [1.54, 1.807) is 12.4 Å². The van der Waals surface area contributed by atoms with Gasteiger partial charge in [0.05, 0.1) is 5.39 Å². The van der Waals surface area contributed by atoms with Crippen LogP contribution in [-0.2, 0) is 6.54 Å². The number of rotatable bonds is 4. The van der Waals surface area contributed by atoms with Crippen molar-refractivity contribution in [2.45, 2.75) is 6.54 Å². The molecule has 0 saturated carbocycles. The zero-order valence-corrected chi connectivity index (χ0v) is 13.3. The van der Waals surface area contributed by atoms with E-state index in [2.05, 4.69) is 32.2 Å². The lowest BCUT2D eigenvalue weighted by atomic mass is 10.1. The van der Waals surface area contributed by atoms with Crippen LogP contribution in [0, 0.1) is 0 Å². The number of aromatic nitrogens is 3. The van der Waals surface area contributed by atoms with Crippen LogP contribution in [0.3, 0.4) is 0 Å².